The van der Waals surface area contributed by atoms with Gasteiger partial charge in [-0.15, -0.1) is 0 Å². The summed E-state index contributed by atoms with van der Waals surface area (Å²) in [5.74, 6) is 1.78. The van der Waals surface area contributed by atoms with Crippen LogP contribution in [0.4, 0.5) is 11.6 Å². The monoisotopic (exact) mass is 666 g/mol. The van der Waals surface area contributed by atoms with Crippen molar-refractivity contribution in [2.24, 2.45) is 0 Å². The van der Waals surface area contributed by atoms with E-state index in [0.29, 0.717) is 5.56 Å². The van der Waals surface area contributed by atoms with Crippen molar-refractivity contribution in [1.29, 1.82) is 0 Å². The van der Waals surface area contributed by atoms with Crippen molar-refractivity contribution in [2.75, 3.05) is 17.7 Å². The molecule has 0 unspecified atom stereocenters. The molecule has 0 fully saturated rings. The Morgan fingerprint density at radius 1 is 0.696 bits per heavy atom. The van der Waals surface area contributed by atoms with Gasteiger partial charge in [0, 0.05) is 35.6 Å². The van der Waals surface area contributed by atoms with E-state index in [2.05, 4.69) is 35.3 Å². The normalized spacial score (nSPS) is 10.6. The minimum atomic E-state index is -0.917. The van der Waals surface area contributed by atoms with Crippen molar-refractivity contribution >= 4 is 50.6 Å². The third-order valence-corrected chi connectivity index (χ3v) is 6.15. The van der Waals surface area contributed by atoms with Gasteiger partial charge in [0.1, 0.15) is 23.3 Å². The first-order chi connectivity index (χ1) is 19.4. The fourth-order valence-electron chi connectivity index (χ4n) is 4.13. The summed E-state index contributed by atoms with van der Waals surface area (Å²) in [6, 6.07) is 18.1. The molecule has 0 bridgehead atoms. The van der Waals surface area contributed by atoms with Crippen molar-refractivity contribution in [3.05, 3.63) is 106 Å². The third-order valence-electron chi connectivity index (χ3n) is 6.15. The van der Waals surface area contributed by atoms with E-state index in [1.54, 1.807) is 24.3 Å². The zero-order valence-corrected chi connectivity index (χ0v) is 29.3. The fourth-order valence-corrected chi connectivity index (χ4v) is 4.13. The molecule has 0 aliphatic carbocycles. The standard InChI is InChI=1S/C16H19N3O2.C15H17N3O2.Li.2H2O.2H2S/c1-10-9-15(19-12(3)17-10)18-11(2)13-5-7-14(8-6-13)16(20)21-4;1-9-8-14(18-11(3)16-9)17-10(2)12-4-6-13(7-5-12)15(19)20;;;;;/h5-9,11H,1-4H3,(H,17,18,19);4-8,10H,1-3H3,(H,19,20)(H,16,17,18);;4*1H2/q;;+1;;;;/p-1/t11-;10-;;;;;/m00...../s1. The van der Waals surface area contributed by atoms with E-state index in [0.717, 1.165) is 45.8 Å². The molecule has 6 N–H and O–H groups in total. The molecular weight excluding hydrogens is 623 g/mol. The Morgan fingerprint density at radius 2 is 1.04 bits per heavy atom. The van der Waals surface area contributed by atoms with Gasteiger partial charge in [-0.1, -0.05) is 24.3 Å². The molecule has 4 rings (SSSR count). The number of methoxy groups -OCH3 is 1. The van der Waals surface area contributed by atoms with Crippen LogP contribution in [-0.2, 0) is 4.74 Å². The first-order valence-electron chi connectivity index (χ1n) is 13.1. The molecule has 2 aromatic heterocycles. The second kappa shape index (κ2) is 22.0. The van der Waals surface area contributed by atoms with Gasteiger partial charge in [0.25, 0.3) is 0 Å². The number of carboxylic acid groups (broad SMARTS) is 1. The van der Waals surface area contributed by atoms with E-state index in [4.69, 9.17) is 5.11 Å². The molecule has 2 atom stereocenters. The summed E-state index contributed by atoms with van der Waals surface area (Å²) in [5, 5.41) is 15.5. The largest absolute Gasteiger partial charge is 1.00 e. The van der Waals surface area contributed by atoms with Crippen molar-refractivity contribution < 1.29 is 49.2 Å². The van der Waals surface area contributed by atoms with Gasteiger partial charge >= 0.3 is 30.8 Å². The van der Waals surface area contributed by atoms with Gasteiger partial charge in [0.05, 0.1) is 18.2 Å². The van der Waals surface area contributed by atoms with Crippen LogP contribution < -0.4 is 29.5 Å². The average molecular weight is 667 g/mol. The van der Waals surface area contributed by atoms with Gasteiger partial charge in [-0.25, -0.2) is 29.5 Å². The van der Waals surface area contributed by atoms with Gasteiger partial charge in [-0.05, 0) is 76.9 Å². The van der Waals surface area contributed by atoms with Crippen LogP contribution in [0.25, 0.3) is 0 Å². The molecule has 0 saturated carbocycles. The van der Waals surface area contributed by atoms with Crippen LogP contribution in [0.1, 0.15) is 80.8 Å². The molecule has 12 nitrogen and oxygen atoms in total. The summed E-state index contributed by atoms with van der Waals surface area (Å²) in [6.07, 6.45) is 0. The van der Waals surface area contributed by atoms with Crippen molar-refractivity contribution in [3.8, 4) is 0 Å². The third kappa shape index (κ3) is 14.2. The van der Waals surface area contributed by atoms with Gasteiger partial charge < -0.3 is 31.4 Å². The summed E-state index contributed by atoms with van der Waals surface area (Å²) in [7, 11) is 1.38. The number of nitrogens with zero attached hydrogens (tertiary/aromatic N) is 4. The van der Waals surface area contributed by atoms with E-state index in [9.17, 15) is 9.59 Å². The first kappa shape index (κ1) is 46.8. The number of esters is 1. The number of aromatic nitrogens is 4. The number of hydrogen-bond donors (Lipinski definition) is 3. The number of rotatable bonds is 8. The van der Waals surface area contributed by atoms with Crippen molar-refractivity contribution in [2.45, 2.75) is 53.6 Å². The number of ether oxygens (including phenoxy) is 1. The van der Waals surface area contributed by atoms with E-state index in [1.807, 2.05) is 77.9 Å². The van der Waals surface area contributed by atoms with Gasteiger partial charge in [-0.3, -0.25) is 0 Å². The van der Waals surface area contributed by atoms with Gasteiger partial charge in [0.15, 0.2) is 0 Å². The Morgan fingerprint density at radius 3 is 1.35 bits per heavy atom. The second-order valence-corrected chi connectivity index (χ2v) is 9.66. The molecule has 4 aromatic rings. The maximum Gasteiger partial charge on any atom is 1.00 e. The summed E-state index contributed by atoms with van der Waals surface area (Å²) in [6.45, 7) is 11.6. The quantitative estimate of drug-likeness (QED) is 0.184. The average Bonchev–Trinajstić information content (AvgIpc) is 2.92. The fraction of sp³-hybridized carbons (Fsp3) is 0.290. The number of carbonyl (C=O) groups is 2. The number of nitrogens with one attached hydrogen (secondary N) is 2. The summed E-state index contributed by atoms with van der Waals surface area (Å²) in [4.78, 5) is 39.4. The Balaban J connectivity index is -0.000000726. The van der Waals surface area contributed by atoms with Crippen LogP contribution >= 0.6 is 27.0 Å². The number of carboxylic acids is 1. The number of anilines is 2. The van der Waals surface area contributed by atoms with Crippen LogP contribution in [-0.4, -0.2) is 55.0 Å². The summed E-state index contributed by atoms with van der Waals surface area (Å²) in [5.41, 5.74) is 4.74. The molecular formula is C31H43LiN6O6S2. The van der Waals surface area contributed by atoms with Crippen molar-refractivity contribution in [3.63, 3.8) is 0 Å². The topological polar surface area (TPSA) is 201 Å². The predicted octanol–water partition coefficient (Wildman–Crippen LogP) is 2.25. The van der Waals surface area contributed by atoms with Gasteiger partial charge in [0.2, 0.25) is 0 Å². The van der Waals surface area contributed by atoms with Crippen LogP contribution in [0, 0.1) is 27.7 Å². The summed E-state index contributed by atoms with van der Waals surface area (Å²) < 4.78 is 4.69. The zero-order chi connectivity index (χ0) is 30.1. The van der Waals surface area contributed by atoms with Crippen LogP contribution in [0.2, 0.25) is 0 Å². The zero-order valence-electron chi connectivity index (χ0n) is 27.3. The molecule has 0 aliphatic rings. The Kier molecular flexibility index (Phi) is 22.3. The van der Waals surface area contributed by atoms with E-state index in [-0.39, 0.29) is 80.4 Å². The molecule has 0 spiro atoms. The Bertz CT molecular complexity index is 1470. The number of hydrogen-bond acceptors (Lipinski definition) is 10. The van der Waals surface area contributed by atoms with Crippen molar-refractivity contribution in [1.82, 2.24) is 19.9 Å². The number of benzene rings is 2. The van der Waals surface area contributed by atoms with E-state index < -0.39 is 5.97 Å². The Labute approximate surface area is 295 Å². The second-order valence-electron chi connectivity index (χ2n) is 9.66. The number of aryl methyl sites for hydroxylation is 4. The molecule has 46 heavy (non-hydrogen) atoms. The summed E-state index contributed by atoms with van der Waals surface area (Å²) >= 11 is 0. The number of aromatic carboxylic acids is 1. The first-order valence-corrected chi connectivity index (χ1v) is 13.1. The van der Waals surface area contributed by atoms with Crippen LogP contribution in [0.5, 0.6) is 0 Å². The smallest absolute Gasteiger partial charge is 0.870 e. The minimum absolute atomic E-state index is 0. The molecule has 0 amide bonds. The molecule has 0 saturated heterocycles. The van der Waals surface area contributed by atoms with Gasteiger partial charge in [-0.2, -0.15) is 27.0 Å². The van der Waals surface area contributed by atoms with E-state index >= 15 is 0 Å². The molecule has 2 heterocycles. The van der Waals surface area contributed by atoms with E-state index in [1.165, 1.54) is 7.11 Å². The van der Waals surface area contributed by atoms with Crippen LogP contribution in [0.3, 0.4) is 0 Å². The molecule has 15 heteroatoms. The molecule has 0 radical (unpaired) electrons. The molecule has 246 valence electrons. The number of carbonyl (C=O) groups excluding carboxylic acids is 1. The predicted molar refractivity (Wildman–Crippen MR) is 185 cm³/mol. The molecule has 0 aliphatic heterocycles. The minimum Gasteiger partial charge on any atom is -0.870 e. The maximum absolute atomic E-state index is 11.4. The van der Waals surface area contributed by atoms with Crippen LogP contribution in [0.15, 0.2) is 60.7 Å². The maximum atomic E-state index is 11.4. The SMILES string of the molecule is COC(=O)c1ccc([C@H](C)Nc2cc(C)nc(C)n2)cc1.Cc1cc(N[C@@H](C)c2ccc(C(=O)O)cc2)nc(C)n1.O.S.S.[Li+].[OH-]. The molecule has 2 aromatic carbocycles. The Hall–Kier alpha value is -3.64.